The molecular formula is C19H14ClIN2O4S. The number of nitrogens with one attached hydrogen (secondary N) is 1. The predicted octanol–water partition coefficient (Wildman–Crippen LogP) is 4.63. The minimum Gasteiger partial charge on any atom is -0.496 e. The summed E-state index contributed by atoms with van der Waals surface area (Å²) < 4.78 is 6.09. The number of ether oxygens (including phenoxy) is 1. The lowest BCUT2D eigenvalue weighted by Crippen LogP contribution is -2.36. The molecule has 9 heteroatoms. The van der Waals surface area contributed by atoms with E-state index >= 15 is 0 Å². The van der Waals surface area contributed by atoms with Crippen LogP contribution in [0, 0.1) is 3.57 Å². The van der Waals surface area contributed by atoms with Crippen molar-refractivity contribution >= 4 is 74.8 Å². The summed E-state index contributed by atoms with van der Waals surface area (Å²) in [5.41, 5.74) is 1.18. The monoisotopic (exact) mass is 528 g/mol. The molecule has 1 N–H and O–H groups in total. The number of benzene rings is 2. The zero-order valence-electron chi connectivity index (χ0n) is 14.6. The molecule has 2 aromatic rings. The topological polar surface area (TPSA) is 75.7 Å². The van der Waals surface area contributed by atoms with Gasteiger partial charge in [0.1, 0.15) is 12.3 Å². The number of para-hydroxylation sites is 1. The predicted molar refractivity (Wildman–Crippen MR) is 118 cm³/mol. The highest BCUT2D eigenvalue weighted by Crippen LogP contribution is 2.33. The lowest BCUT2D eigenvalue weighted by molar-refractivity contribution is -0.127. The summed E-state index contributed by atoms with van der Waals surface area (Å²) in [7, 11) is 1.58. The van der Waals surface area contributed by atoms with Crippen LogP contribution >= 0.6 is 46.0 Å². The van der Waals surface area contributed by atoms with Crippen molar-refractivity contribution in [2.45, 2.75) is 0 Å². The van der Waals surface area contributed by atoms with Gasteiger partial charge in [0.2, 0.25) is 5.91 Å². The van der Waals surface area contributed by atoms with Crippen molar-refractivity contribution in [2.24, 2.45) is 0 Å². The standard InChI is InChI=1S/C19H14ClIN2O4S/c1-27-15-7-6-11(8-13(15)21)9-16-18(25)23(19(26)28-16)10-17(24)22-14-5-3-2-4-12(14)20/h2-9H,10H2,1H3,(H,22,24)/b16-9+. The molecule has 3 amide bonds. The molecule has 1 aliphatic rings. The van der Waals surface area contributed by atoms with Crippen LogP contribution in [0.3, 0.4) is 0 Å². The molecule has 0 atom stereocenters. The van der Waals surface area contributed by atoms with Crippen molar-refractivity contribution in [3.05, 3.63) is 61.5 Å². The number of hydrogen-bond acceptors (Lipinski definition) is 5. The van der Waals surface area contributed by atoms with Gasteiger partial charge in [0.25, 0.3) is 11.1 Å². The Morgan fingerprint density at radius 3 is 2.71 bits per heavy atom. The van der Waals surface area contributed by atoms with Gasteiger partial charge in [-0.05, 0) is 70.3 Å². The molecule has 0 aromatic heterocycles. The van der Waals surface area contributed by atoms with Crippen LogP contribution in [0.4, 0.5) is 10.5 Å². The smallest absolute Gasteiger partial charge is 0.294 e. The number of rotatable bonds is 5. The van der Waals surface area contributed by atoms with E-state index < -0.39 is 17.1 Å². The fourth-order valence-electron chi connectivity index (χ4n) is 2.46. The SMILES string of the molecule is COc1ccc(/C=C2/SC(=O)N(CC(=O)Nc3ccccc3Cl)C2=O)cc1I. The van der Waals surface area contributed by atoms with Gasteiger partial charge in [0.05, 0.1) is 26.3 Å². The molecule has 0 spiro atoms. The molecule has 28 heavy (non-hydrogen) atoms. The maximum absolute atomic E-state index is 12.6. The van der Waals surface area contributed by atoms with E-state index in [2.05, 4.69) is 27.9 Å². The Labute approximate surface area is 184 Å². The number of imide groups is 1. The Kier molecular flexibility index (Phi) is 6.63. The number of hydrogen-bond donors (Lipinski definition) is 1. The number of carbonyl (C=O) groups is 3. The van der Waals surface area contributed by atoms with Gasteiger partial charge in [-0.25, -0.2) is 0 Å². The van der Waals surface area contributed by atoms with Crippen LogP contribution in [0.5, 0.6) is 5.75 Å². The number of methoxy groups -OCH3 is 1. The summed E-state index contributed by atoms with van der Waals surface area (Å²) in [6.45, 7) is -0.382. The van der Waals surface area contributed by atoms with E-state index in [9.17, 15) is 14.4 Å². The van der Waals surface area contributed by atoms with Crippen molar-refractivity contribution in [1.29, 1.82) is 0 Å². The number of halogens is 2. The molecule has 0 unspecified atom stereocenters. The van der Waals surface area contributed by atoms with E-state index in [1.165, 1.54) is 0 Å². The molecule has 1 fully saturated rings. The van der Waals surface area contributed by atoms with E-state index in [0.717, 1.165) is 31.5 Å². The first-order valence-electron chi connectivity index (χ1n) is 8.02. The second-order valence-corrected chi connectivity index (χ2v) is 8.25. The summed E-state index contributed by atoms with van der Waals surface area (Å²) >= 11 is 8.94. The summed E-state index contributed by atoms with van der Waals surface area (Å²) in [5.74, 6) is -0.284. The van der Waals surface area contributed by atoms with Crippen molar-refractivity contribution < 1.29 is 19.1 Å². The quantitative estimate of drug-likeness (QED) is 0.453. The third-order valence-electron chi connectivity index (χ3n) is 3.80. The van der Waals surface area contributed by atoms with Gasteiger partial charge < -0.3 is 10.1 Å². The summed E-state index contributed by atoms with van der Waals surface area (Å²) in [6.07, 6.45) is 1.62. The van der Waals surface area contributed by atoms with Crippen molar-refractivity contribution in [3.8, 4) is 5.75 Å². The van der Waals surface area contributed by atoms with Crippen LogP contribution in [0.1, 0.15) is 5.56 Å². The number of nitrogens with zero attached hydrogens (tertiary/aromatic N) is 1. The van der Waals surface area contributed by atoms with Crippen LogP contribution in [-0.4, -0.2) is 35.6 Å². The third kappa shape index (κ3) is 4.68. The zero-order chi connectivity index (χ0) is 20.3. The summed E-state index contributed by atoms with van der Waals surface area (Å²) in [5, 5.41) is 2.48. The maximum atomic E-state index is 12.6. The number of carbonyl (C=O) groups excluding carboxylic acids is 3. The fourth-order valence-corrected chi connectivity index (χ4v) is 4.24. The van der Waals surface area contributed by atoms with E-state index in [1.54, 1.807) is 49.6 Å². The second kappa shape index (κ2) is 8.97. The van der Waals surface area contributed by atoms with Crippen molar-refractivity contribution in [1.82, 2.24) is 4.90 Å². The first-order valence-corrected chi connectivity index (χ1v) is 10.3. The average Bonchev–Trinajstić information content (AvgIpc) is 2.91. The van der Waals surface area contributed by atoms with E-state index in [1.807, 2.05) is 6.07 Å². The number of thioether (sulfide) groups is 1. The maximum Gasteiger partial charge on any atom is 0.294 e. The molecule has 3 rings (SSSR count). The van der Waals surface area contributed by atoms with Gasteiger partial charge in [-0.3, -0.25) is 19.3 Å². The van der Waals surface area contributed by atoms with Crippen LogP contribution < -0.4 is 10.1 Å². The fraction of sp³-hybridized carbons (Fsp3) is 0.105. The highest BCUT2D eigenvalue weighted by molar-refractivity contribution is 14.1. The molecule has 2 aromatic carbocycles. The van der Waals surface area contributed by atoms with E-state index in [4.69, 9.17) is 16.3 Å². The molecule has 0 radical (unpaired) electrons. The van der Waals surface area contributed by atoms with Crippen molar-refractivity contribution in [2.75, 3.05) is 19.0 Å². The highest BCUT2D eigenvalue weighted by atomic mass is 127. The van der Waals surface area contributed by atoms with Gasteiger partial charge in [0, 0.05) is 0 Å². The normalized spacial score (nSPS) is 15.2. The van der Waals surface area contributed by atoms with Gasteiger partial charge in [-0.1, -0.05) is 29.8 Å². The molecule has 1 saturated heterocycles. The molecule has 0 bridgehead atoms. The van der Waals surface area contributed by atoms with Crippen LogP contribution in [0.25, 0.3) is 6.08 Å². The Hall–Kier alpha value is -2.04. The molecule has 0 saturated carbocycles. The van der Waals surface area contributed by atoms with Crippen LogP contribution in [0.2, 0.25) is 5.02 Å². The van der Waals surface area contributed by atoms with E-state index in [0.29, 0.717) is 10.7 Å². The van der Waals surface area contributed by atoms with Gasteiger partial charge >= 0.3 is 0 Å². The molecule has 1 aliphatic heterocycles. The lowest BCUT2D eigenvalue weighted by Gasteiger charge is -2.13. The second-order valence-electron chi connectivity index (χ2n) is 5.69. The van der Waals surface area contributed by atoms with Gasteiger partial charge in [0.15, 0.2) is 0 Å². The lowest BCUT2D eigenvalue weighted by atomic mass is 10.2. The molecular weight excluding hydrogens is 515 g/mol. The summed E-state index contributed by atoms with van der Waals surface area (Å²) in [4.78, 5) is 38.2. The largest absolute Gasteiger partial charge is 0.496 e. The van der Waals surface area contributed by atoms with Gasteiger partial charge in [-0.2, -0.15) is 0 Å². The average molecular weight is 529 g/mol. The highest BCUT2D eigenvalue weighted by Gasteiger charge is 2.36. The first-order chi connectivity index (χ1) is 13.4. The Bertz CT molecular complexity index is 996. The van der Waals surface area contributed by atoms with Gasteiger partial charge in [-0.15, -0.1) is 0 Å². The zero-order valence-corrected chi connectivity index (χ0v) is 18.3. The third-order valence-corrected chi connectivity index (χ3v) is 5.88. The minimum absolute atomic E-state index is 0.261. The Morgan fingerprint density at radius 1 is 1.29 bits per heavy atom. The minimum atomic E-state index is -0.505. The number of anilines is 1. The first kappa shape index (κ1) is 20.7. The van der Waals surface area contributed by atoms with Crippen LogP contribution in [0.15, 0.2) is 47.4 Å². The Morgan fingerprint density at radius 2 is 2.04 bits per heavy atom. The van der Waals surface area contributed by atoms with Crippen molar-refractivity contribution in [3.63, 3.8) is 0 Å². The van der Waals surface area contributed by atoms with Crippen LogP contribution in [-0.2, 0) is 9.59 Å². The Balaban J connectivity index is 1.72. The molecule has 1 heterocycles. The molecule has 6 nitrogen and oxygen atoms in total. The molecule has 144 valence electrons. The van der Waals surface area contributed by atoms with E-state index in [-0.39, 0.29) is 11.4 Å². The summed E-state index contributed by atoms with van der Waals surface area (Å²) in [6, 6.07) is 12.2. The molecule has 0 aliphatic carbocycles. The number of amides is 3.